The van der Waals surface area contributed by atoms with Crippen LogP contribution in [0.2, 0.25) is 0 Å². The molecule has 0 saturated carbocycles. The summed E-state index contributed by atoms with van der Waals surface area (Å²) in [7, 11) is 1.81. The summed E-state index contributed by atoms with van der Waals surface area (Å²) in [6, 6.07) is 10.6. The van der Waals surface area contributed by atoms with E-state index in [-0.39, 0.29) is 11.5 Å². The number of Topliss-reactive ketones (excluding diaryl/α,β-unsaturated/α-hetero) is 1. The van der Waals surface area contributed by atoms with Crippen molar-refractivity contribution in [3.63, 3.8) is 0 Å². The van der Waals surface area contributed by atoms with Gasteiger partial charge in [-0.25, -0.2) is 4.79 Å². The standard InChI is InChI=1S/C20H23NO4S/c1-13-6-8-17(9-7-13)26(24)12-18(22)16-10-14(2)19(15(3)11-16)25-20(23)21(4)5/h6-11H,12H2,1-5H3/t26-/m1/s1. The summed E-state index contributed by atoms with van der Waals surface area (Å²) < 4.78 is 17.8. The average molecular weight is 373 g/mol. The highest BCUT2D eigenvalue weighted by molar-refractivity contribution is 7.85. The van der Waals surface area contributed by atoms with Gasteiger partial charge in [-0.1, -0.05) is 17.7 Å². The Morgan fingerprint density at radius 1 is 1.00 bits per heavy atom. The largest absolute Gasteiger partial charge is 0.414 e. The van der Waals surface area contributed by atoms with Crippen molar-refractivity contribution in [1.29, 1.82) is 0 Å². The first-order valence-corrected chi connectivity index (χ1v) is 9.49. The second-order valence-corrected chi connectivity index (χ2v) is 7.88. The van der Waals surface area contributed by atoms with E-state index in [1.807, 2.05) is 19.1 Å². The van der Waals surface area contributed by atoms with E-state index in [0.29, 0.717) is 27.3 Å². The van der Waals surface area contributed by atoms with E-state index in [1.165, 1.54) is 4.90 Å². The lowest BCUT2D eigenvalue weighted by Crippen LogP contribution is -2.26. The Bertz CT molecular complexity index is 834. The summed E-state index contributed by atoms with van der Waals surface area (Å²) in [5, 5.41) is 0. The van der Waals surface area contributed by atoms with Crippen molar-refractivity contribution in [3.05, 3.63) is 58.7 Å². The second kappa shape index (κ2) is 8.27. The number of ether oxygens (including phenoxy) is 1. The fourth-order valence-corrected chi connectivity index (χ4v) is 3.44. The zero-order valence-electron chi connectivity index (χ0n) is 15.7. The maximum Gasteiger partial charge on any atom is 0.414 e. The highest BCUT2D eigenvalue weighted by Crippen LogP contribution is 2.26. The summed E-state index contributed by atoms with van der Waals surface area (Å²) in [4.78, 5) is 26.3. The predicted octanol–water partition coefficient (Wildman–Crippen LogP) is 3.66. The van der Waals surface area contributed by atoms with Crippen molar-refractivity contribution in [2.45, 2.75) is 25.7 Å². The molecule has 0 heterocycles. The molecule has 1 amide bonds. The molecule has 0 aliphatic carbocycles. The predicted molar refractivity (Wildman–Crippen MR) is 102 cm³/mol. The number of hydrogen-bond donors (Lipinski definition) is 0. The van der Waals surface area contributed by atoms with E-state index in [4.69, 9.17) is 4.74 Å². The second-order valence-electron chi connectivity index (χ2n) is 6.43. The number of rotatable bonds is 5. The van der Waals surface area contributed by atoms with Gasteiger partial charge in [-0.05, 0) is 56.2 Å². The molecule has 2 aromatic rings. The van der Waals surface area contributed by atoms with E-state index < -0.39 is 16.9 Å². The molecule has 0 aliphatic heterocycles. The Balaban J connectivity index is 2.18. The lowest BCUT2D eigenvalue weighted by atomic mass is 10.0. The van der Waals surface area contributed by atoms with Gasteiger partial charge in [0.1, 0.15) is 5.75 Å². The summed E-state index contributed by atoms with van der Waals surface area (Å²) in [5.74, 6) is 0.152. The third-order valence-electron chi connectivity index (χ3n) is 3.88. The molecule has 0 aliphatic rings. The van der Waals surface area contributed by atoms with Gasteiger partial charge in [0.15, 0.2) is 5.78 Å². The maximum absolute atomic E-state index is 12.5. The van der Waals surface area contributed by atoms with Crippen LogP contribution in [0.15, 0.2) is 41.3 Å². The first-order valence-electron chi connectivity index (χ1n) is 8.17. The van der Waals surface area contributed by atoms with Crippen molar-refractivity contribution in [2.75, 3.05) is 19.8 Å². The van der Waals surface area contributed by atoms with E-state index in [1.54, 1.807) is 52.2 Å². The Morgan fingerprint density at radius 3 is 2.04 bits per heavy atom. The van der Waals surface area contributed by atoms with Gasteiger partial charge < -0.3 is 9.64 Å². The lowest BCUT2D eigenvalue weighted by Gasteiger charge is -2.15. The molecule has 5 nitrogen and oxygen atoms in total. The molecule has 0 unspecified atom stereocenters. The van der Waals surface area contributed by atoms with Crippen LogP contribution in [-0.2, 0) is 10.8 Å². The van der Waals surface area contributed by atoms with Crippen LogP contribution in [0.1, 0.15) is 27.0 Å². The number of benzene rings is 2. The summed E-state index contributed by atoms with van der Waals surface area (Å²) in [6.45, 7) is 5.51. The molecule has 0 N–H and O–H groups in total. The number of carbonyl (C=O) groups is 2. The van der Waals surface area contributed by atoms with Crippen molar-refractivity contribution >= 4 is 22.7 Å². The Kier molecular flexibility index (Phi) is 6.32. The van der Waals surface area contributed by atoms with E-state index in [9.17, 15) is 13.8 Å². The normalized spacial score (nSPS) is 11.7. The van der Waals surface area contributed by atoms with Gasteiger partial charge in [0, 0.05) is 24.6 Å². The van der Waals surface area contributed by atoms with Crippen LogP contribution in [0, 0.1) is 20.8 Å². The molecule has 0 bridgehead atoms. The Labute approximate surface area is 156 Å². The van der Waals surface area contributed by atoms with Crippen LogP contribution < -0.4 is 4.74 Å². The third kappa shape index (κ3) is 4.79. The Morgan fingerprint density at radius 2 is 1.54 bits per heavy atom. The smallest absolute Gasteiger partial charge is 0.410 e. The zero-order valence-corrected chi connectivity index (χ0v) is 16.5. The number of aryl methyl sites for hydroxylation is 3. The molecule has 2 rings (SSSR count). The van der Waals surface area contributed by atoms with Crippen LogP contribution in [-0.4, -0.2) is 40.8 Å². The molecule has 0 saturated heterocycles. The van der Waals surface area contributed by atoms with E-state index >= 15 is 0 Å². The number of amides is 1. The van der Waals surface area contributed by atoms with Gasteiger partial charge >= 0.3 is 6.09 Å². The average Bonchev–Trinajstić information content (AvgIpc) is 2.57. The maximum atomic E-state index is 12.5. The molecule has 0 fully saturated rings. The first-order chi connectivity index (χ1) is 12.2. The SMILES string of the molecule is Cc1ccc([S@](=O)CC(=O)c2cc(C)c(OC(=O)N(C)C)c(C)c2)cc1. The molecule has 0 radical (unpaired) electrons. The summed E-state index contributed by atoms with van der Waals surface area (Å²) in [5.41, 5.74) is 2.91. The van der Waals surface area contributed by atoms with Crippen LogP contribution in [0.3, 0.4) is 0 Å². The molecule has 138 valence electrons. The van der Waals surface area contributed by atoms with Crippen molar-refractivity contribution in [3.8, 4) is 5.75 Å². The molecule has 0 aromatic heterocycles. The number of carbonyl (C=O) groups excluding carboxylic acids is 2. The molecular weight excluding hydrogens is 350 g/mol. The van der Waals surface area contributed by atoms with Crippen molar-refractivity contribution in [2.24, 2.45) is 0 Å². The van der Waals surface area contributed by atoms with Crippen molar-refractivity contribution < 1.29 is 18.5 Å². The highest BCUT2D eigenvalue weighted by Gasteiger charge is 2.17. The van der Waals surface area contributed by atoms with Gasteiger partial charge in [0.2, 0.25) is 0 Å². The minimum Gasteiger partial charge on any atom is -0.410 e. The molecule has 26 heavy (non-hydrogen) atoms. The van der Waals surface area contributed by atoms with Crippen LogP contribution in [0.5, 0.6) is 5.75 Å². The van der Waals surface area contributed by atoms with Gasteiger partial charge in [-0.2, -0.15) is 0 Å². The minimum absolute atomic E-state index is 0.0846. The van der Waals surface area contributed by atoms with E-state index in [0.717, 1.165) is 5.56 Å². The first kappa shape index (κ1) is 19.8. The zero-order chi connectivity index (χ0) is 19.4. The number of hydrogen-bond acceptors (Lipinski definition) is 4. The summed E-state index contributed by atoms with van der Waals surface area (Å²) in [6.07, 6.45) is -0.476. The van der Waals surface area contributed by atoms with Crippen molar-refractivity contribution in [1.82, 2.24) is 4.90 Å². The van der Waals surface area contributed by atoms with Crippen LogP contribution >= 0.6 is 0 Å². The van der Waals surface area contributed by atoms with Crippen LogP contribution in [0.25, 0.3) is 0 Å². The molecular formula is C20H23NO4S. The monoisotopic (exact) mass is 373 g/mol. The van der Waals surface area contributed by atoms with Gasteiger partial charge in [-0.3, -0.25) is 9.00 Å². The van der Waals surface area contributed by atoms with Gasteiger partial charge in [0.05, 0.1) is 16.6 Å². The summed E-state index contributed by atoms with van der Waals surface area (Å²) >= 11 is 0. The lowest BCUT2D eigenvalue weighted by molar-refractivity contribution is 0.102. The van der Waals surface area contributed by atoms with Gasteiger partial charge in [0.25, 0.3) is 0 Å². The molecule has 2 aromatic carbocycles. The number of nitrogens with zero attached hydrogens (tertiary/aromatic N) is 1. The topological polar surface area (TPSA) is 63.7 Å². The Hall–Kier alpha value is -2.47. The van der Waals surface area contributed by atoms with Gasteiger partial charge in [-0.15, -0.1) is 0 Å². The fourth-order valence-electron chi connectivity index (χ4n) is 2.43. The number of ketones is 1. The highest BCUT2D eigenvalue weighted by atomic mass is 32.2. The minimum atomic E-state index is -1.40. The quantitative estimate of drug-likeness (QED) is 0.750. The van der Waals surface area contributed by atoms with E-state index in [2.05, 4.69) is 0 Å². The molecule has 0 spiro atoms. The third-order valence-corrected chi connectivity index (χ3v) is 5.21. The molecule has 1 atom stereocenters. The molecule has 6 heteroatoms. The van der Waals surface area contributed by atoms with Crippen LogP contribution in [0.4, 0.5) is 4.79 Å². The fraction of sp³-hybridized carbons (Fsp3) is 0.300.